The van der Waals surface area contributed by atoms with Crippen molar-refractivity contribution in [3.8, 4) is 5.69 Å². The van der Waals surface area contributed by atoms with Crippen LogP contribution in [0.1, 0.15) is 12.0 Å². The van der Waals surface area contributed by atoms with Crippen LogP contribution in [-0.4, -0.2) is 76.1 Å². The lowest BCUT2D eigenvalue weighted by Crippen LogP contribution is -2.46. The predicted molar refractivity (Wildman–Crippen MR) is 154 cm³/mol. The summed E-state index contributed by atoms with van der Waals surface area (Å²) in [5.74, 6) is 1.46. The van der Waals surface area contributed by atoms with E-state index in [1.54, 1.807) is 23.5 Å². The number of hydrogen-bond donors (Lipinski definition) is 1. The van der Waals surface area contributed by atoms with Crippen molar-refractivity contribution >= 4 is 28.9 Å². The maximum Gasteiger partial charge on any atom is 0.329 e. The second-order valence-electron chi connectivity index (χ2n) is 9.71. The molecule has 2 aromatic carbocycles. The highest BCUT2D eigenvalue weighted by molar-refractivity contribution is 7.99. The molecule has 0 saturated carbocycles. The van der Waals surface area contributed by atoms with Gasteiger partial charge in [-0.2, -0.15) is 9.67 Å². The van der Waals surface area contributed by atoms with Gasteiger partial charge in [-0.05, 0) is 34.5 Å². The van der Waals surface area contributed by atoms with Gasteiger partial charge in [0.2, 0.25) is 11.1 Å². The molecule has 3 aromatic heterocycles. The third kappa shape index (κ3) is 5.29. The van der Waals surface area contributed by atoms with Crippen LogP contribution in [0.15, 0.2) is 75.4 Å². The van der Waals surface area contributed by atoms with Crippen molar-refractivity contribution in [1.29, 1.82) is 0 Å². The van der Waals surface area contributed by atoms with Crippen molar-refractivity contribution in [3.05, 3.63) is 87.1 Å². The minimum Gasteiger partial charge on any atom is -0.340 e. The molecule has 1 saturated heterocycles. The number of tetrazole rings is 1. The van der Waals surface area contributed by atoms with Gasteiger partial charge in [0.1, 0.15) is 0 Å². The van der Waals surface area contributed by atoms with E-state index in [1.807, 2.05) is 41.0 Å². The van der Waals surface area contributed by atoms with Gasteiger partial charge in [-0.3, -0.25) is 19.2 Å². The Hall–Kier alpha value is -4.23. The van der Waals surface area contributed by atoms with Crippen LogP contribution in [0.5, 0.6) is 0 Å². The standard InChI is InChI=1S/C27H30N10O2S/c1-33-23-22(24(38)29-26(33)39)36(13-8-18-40-27-30-31-32-37(27)21-11-6-3-7-12-21)25(28-23)35-16-14-34(15-17-35)19-20-9-4-2-5-10-20/h2-7,9-12H,8,13-19H2,1H3,(H,29,38,39). The number of imidazole rings is 1. The summed E-state index contributed by atoms with van der Waals surface area (Å²) >= 11 is 1.56. The molecule has 40 heavy (non-hydrogen) atoms. The number of aromatic nitrogens is 8. The lowest BCUT2D eigenvalue weighted by atomic mass is 10.2. The number of aryl methyl sites for hydroxylation is 2. The van der Waals surface area contributed by atoms with Gasteiger partial charge in [-0.25, -0.2) is 4.79 Å². The molecule has 4 heterocycles. The molecule has 1 aliphatic rings. The first-order valence-corrected chi connectivity index (χ1v) is 14.2. The van der Waals surface area contributed by atoms with E-state index in [9.17, 15) is 9.59 Å². The zero-order valence-corrected chi connectivity index (χ0v) is 23.0. The first kappa shape index (κ1) is 26.0. The Morgan fingerprint density at radius 3 is 2.42 bits per heavy atom. The van der Waals surface area contributed by atoms with E-state index in [2.05, 4.69) is 54.6 Å². The molecule has 0 atom stereocenters. The molecule has 0 spiro atoms. The largest absolute Gasteiger partial charge is 0.340 e. The third-order valence-electron chi connectivity index (χ3n) is 7.09. The number of benzene rings is 2. The molecule has 1 aliphatic heterocycles. The van der Waals surface area contributed by atoms with Crippen LogP contribution in [0.3, 0.4) is 0 Å². The van der Waals surface area contributed by atoms with E-state index in [1.165, 1.54) is 10.1 Å². The molecule has 0 aliphatic carbocycles. The maximum atomic E-state index is 13.0. The van der Waals surface area contributed by atoms with E-state index in [-0.39, 0.29) is 0 Å². The molecule has 1 fully saturated rings. The molecule has 5 aromatic rings. The molecular weight excluding hydrogens is 528 g/mol. The van der Waals surface area contributed by atoms with E-state index in [4.69, 9.17) is 4.98 Å². The minimum atomic E-state index is -0.468. The van der Waals surface area contributed by atoms with Crippen molar-refractivity contribution in [2.75, 3.05) is 36.8 Å². The number of nitrogens with one attached hydrogen (secondary N) is 1. The third-order valence-corrected chi connectivity index (χ3v) is 8.10. The van der Waals surface area contributed by atoms with Gasteiger partial charge >= 0.3 is 5.69 Å². The van der Waals surface area contributed by atoms with Crippen LogP contribution in [-0.2, 0) is 20.1 Å². The van der Waals surface area contributed by atoms with Gasteiger partial charge in [0.15, 0.2) is 11.2 Å². The molecule has 0 amide bonds. The number of aromatic amines is 1. The quantitative estimate of drug-likeness (QED) is 0.213. The second-order valence-corrected chi connectivity index (χ2v) is 10.8. The van der Waals surface area contributed by atoms with Crippen molar-refractivity contribution < 1.29 is 0 Å². The van der Waals surface area contributed by atoms with E-state index >= 15 is 0 Å². The zero-order valence-electron chi connectivity index (χ0n) is 22.2. The molecular formula is C27H30N10O2S. The summed E-state index contributed by atoms with van der Waals surface area (Å²) < 4.78 is 5.09. The fourth-order valence-electron chi connectivity index (χ4n) is 5.01. The van der Waals surface area contributed by atoms with E-state index in [0.717, 1.165) is 56.5 Å². The van der Waals surface area contributed by atoms with Crippen LogP contribution in [0.2, 0.25) is 0 Å². The first-order chi connectivity index (χ1) is 19.6. The predicted octanol–water partition coefficient (Wildman–Crippen LogP) is 1.90. The number of piperazine rings is 1. The summed E-state index contributed by atoms with van der Waals surface area (Å²) in [5.41, 5.74) is 2.13. The number of H-pyrrole nitrogens is 1. The summed E-state index contributed by atoms with van der Waals surface area (Å²) in [5, 5.41) is 12.9. The normalized spacial score (nSPS) is 14.3. The average molecular weight is 559 g/mol. The highest BCUT2D eigenvalue weighted by Crippen LogP contribution is 2.24. The van der Waals surface area contributed by atoms with Gasteiger partial charge in [0, 0.05) is 52.1 Å². The highest BCUT2D eigenvalue weighted by atomic mass is 32.2. The van der Waals surface area contributed by atoms with Crippen molar-refractivity contribution in [1.82, 2.24) is 44.2 Å². The number of thioether (sulfide) groups is 1. The SMILES string of the molecule is Cn1c(=O)[nH]c(=O)c2c1nc(N1CCN(Cc3ccccc3)CC1)n2CCCSc1nnnn1-c1ccccc1. The Labute approximate surface area is 234 Å². The van der Waals surface area contributed by atoms with Gasteiger partial charge in [0.25, 0.3) is 5.56 Å². The Morgan fingerprint density at radius 1 is 0.950 bits per heavy atom. The summed E-state index contributed by atoms with van der Waals surface area (Å²) in [4.78, 5) is 37.2. The number of anilines is 1. The molecule has 0 unspecified atom stereocenters. The molecule has 206 valence electrons. The maximum absolute atomic E-state index is 13.0. The van der Waals surface area contributed by atoms with Crippen LogP contribution in [0.25, 0.3) is 16.9 Å². The van der Waals surface area contributed by atoms with Crippen LogP contribution in [0, 0.1) is 0 Å². The van der Waals surface area contributed by atoms with E-state index < -0.39 is 11.2 Å². The fraction of sp³-hybridized carbons (Fsp3) is 0.333. The average Bonchev–Trinajstić information content (AvgIpc) is 3.61. The van der Waals surface area contributed by atoms with Gasteiger partial charge in [-0.15, -0.1) is 5.10 Å². The number of fused-ring (bicyclic) bond motifs is 1. The minimum absolute atomic E-state index is 0.399. The lowest BCUT2D eigenvalue weighted by molar-refractivity contribution is 0.248. The fourth-order valence-corrected chi connectivity index (χ4v) is 5.82. The Morgan fingerprint density at radius 2 is 1.68 bits per heavy atom. The van der Waals surface area contributed by atoms with Crippen molar-refractivity contribution in [2.24, 2.45) is 7.05 Å². The summed E-state index contributed by atoms with van der Waals surface area (Å²) in [7, 11) is 1.64. The Kier molecular flexibility index (Phi) is 7.47. The zero-order chi connectivity index (χ0) is 27.5. The number of nitrogens with zero attached hydrogens (tertiary/aromatic N) is 9. The van der Waals surface area contributed by atoms with Gasteiger partial charge < -0.3 is 9.47 Å². The molecule has 0 bridgehead atoms. The van der Waals surface area contributed by atoms with Crippen molar-refractivity contribution in [3.63, 3.8) is 0 Å². The Balaban J connectivity index is 1.19. The smallest absolute Gasteiger partial charge is 0.329 e. The molecule has 6 rings (SSSR count). The van der Waals surface area contributed by atoms with Crippen LogP contribution >= 0.6 is 11.8 Å². The van der Waals surface area contributed by atoms with Crippen LogP contribution in [0.4, 0.5) is 5.95 Å². The summed E-state index contributed by atoms with van der Waals surface area (Å²) in [6, 6.07) is 20.2. The number of para-hydroxylation sites is 1. The van der Waals surface area contributed by atoms with Crippen LogP contribution < -0.4 is 16.1 Å². The van der Waals surface area contributed by atoms with Gasteiger partial charge in [-0.1, -0.05) is 60.3 Å². The number of rotatable bonds is 9. The monoisotopic (exact) mass is 558 g/mol. The summed E-state index contributed by atoms with van der Waals surface area (Å²) in [6.07, 6.45) is 0.751. The molecule has 13 heteroatoms. The Bertz CT molecular complexity index is 1700. The van der Waals surface area contributed by atoms with E-state index in [0.29, 0.717) is 22.9 Å². The number of hydrogen-bond acceptors (Lipinski definition) is 9. The summed E-state index contributed by atoms with van der Waals surface area (Å²) in [6.45, 7) is 4.79. The molecule has 12 nitrogen and oxygen atoms in total. The van der Waals surface area contributed by atoms with Gasteiger partial charge in [0.05, 0.1) is 5.69 Å². The molecule has 0 radical (unpaired) electrons. The second kappa shape index (κ2) is 11.5. The highest BCUT2D eigenvalue weighted by Gasteiger charge is 2.25. The lowest BCUT2D eigenvalue weighted by Gasteiger charge is -2.35. The first-order valence-electron chi connectivity index (χ1n) is 13.3. The topological polar surface area (TPSA) is 123 Å². The van der Waals surface area contributed by atoms with Crippen molar-refractivity contribution in [2.45, 2.75) is 24.7 Å². The molecule has 1 N–H and O–H groups in total.